The normalized spacial score (nSPS) is 14.0. The second-order valence-corrected chi connectivity index (χ2v) is 7.28. The highest BCUT2D eigenvalue weighted by atomic mass is 32.2. The lowest BCUT2D eigenvalue weighted by atomic mass is 10.1. The second-order valence-electron chi connectivity index (χ2n) is 6.20. The van der Waals surface area contributed by atoms with E-state index in [9.17, 15) is 10.4 Å². The van der Waals surface area contributed by atoms with Crippen LogP contribution in [0.15, 0.2) is 52.3 Å². The van der Waals surface area contributed by atoms with Gasteiger partial charge in [-0.05, 0) is 43.8 Å². The average Bonchev–Trinajstić information content (AvgIpc) is 2.65. The molecule has 1 aliphatic rings. The zero-order valence-electron chi connectivity index (χ0n) is 14.6. The fraction of sp³-hybridized carbons (Fsp3) is 0.350. The van der Waals surface area contributed by atoms with Crippen molar-refractivity contribution in [2.75, 3.05) is 31.1 Å². The van der Waals surface area contributed by atoms with Crippen molar-refractivity contribution in [2.45, 2.75) is 29.7 Å². The molecule has 1 unspecified atom stereocenters. The van der Waals surface area contributed by atoms with Crippen molar-refractivity contribution in [3.8, 4) is 6.07 Å². The number of nitrogens with zero attached hydrogens (tertiary/aromatic N) is 3. The topological polar surface area (TPSA) is 50.5 Å². The van der Waals surface area contributed by atoms with Crippen LogP contribution in [-0.4, -0.2) is 42.3 Å². The summed E-state index contributed by atoms with van der Waals surface area (Å²) in [6.45, 7) is 6.92. The van der Waals surface area contributed by atoms with Crippen molar-refractivity contribution in [3.63, 3.8) is 0 Å². The smallest absolute Gasteiger partial charge is 0.0992 e. The van der Waals surface area contributed by atoms with Crippen molar-refractivity contribution in [1.29, 1.82) is 5.26 Å². The maximum Gasteiger partial charge on any atom is 0.0992 e. The molecule has 2 aromatic carbocycles. The van der Waals surface area contributed by atoms with Gasteiger partial charge in [0, 0.05) is 28.9 Å². The average molecular weight is 353 g/mol. The van der Waals surface area contributed by atoms with Gasteiger partial charge in [-0.25, -0.2) is 0 Å². The summed E-state index contributed by atoms with van der Waals surface area (Å²) in [5, 5.41) is 18.6. The first kappa shape index (κ1) is 17.8. The van der Waals surface area contributed by atoms with Gasteiger partial charge in [0.25, 0.3) is 0 Å². The third-order valence-electron chi connectivity index (χ3n) is 4.52. The summed E-state index contributed by atoms with van der Waals surface area (Å²) in [5.41, 5.74) is 2.96. The van der Waals surface area contributed by atoms with Gasteiger partial charge in [0.2, 0.25) is 0 Å². The first-order chi connectivity index (χ1) is 12.2. The molecule has 5 heteroatoms. The lowest BCUT2D eigenvalue weighted by Gasteiger charge is -2.39. The van der Waals surface area contributed by atoms with Gasteiger partial charge in [-0.3, -0.25) is 4.90 Å². The van der Waals surface area contributed by atoms with E-state index in [0.29, 0.717) is 12.1 Å². The number of anilines is 2. The molecule has 3 rings (SSSR count). The predicted octanol–water partition coefficient (Wildman–Crippen LogP) is 3.86. The fourth-order valence-corrected chi connectivity index (χ4v) is 4.35. The van der Waals surface area contributed by atoms with Gasteiger partial charge in [-0.2, -0.15) is 5.26 Å². The molecule has 0 amide bonds. The zero-order valence-corrected chi connectivity index (χ0v) is 15.5. The van der Waals surface area contributed by atoms with E-state index in [-0.39, 0.29) is 12.6 Å². The van der Waals surface area contributed by atoms with Gasteiger partial charge in [0.05, 0.1) is 29.6 Å². The Morgan fingerprint density at radius 3 is 2.68 bits per heavy atom. The third-order valence-corrected chi connectivity index (χ3v) is 5.65. The molecule has 1 atom stereocenters. The Labute approximate surface area is 153 Å². The van der Waals surface area contributed by atoms with Crippen molar-refractivity contribution in [1.82, 2.24) is 4.90 Å². The highest BCUT2D eigenvalue weighted by molar-refractivity contribution is 7.99. The number of para-hydroxylation sites is 1. The molecule has 0 radical (unpaired) electrons. The number of nitriles is 1. The molecular formula is C20H23N3OS. The van der Waals surface area contributed by atoms with Gasteiger partial charge in [-0.15, -0.1) is 0 Å². The Bertz CT molecular complexity index is 787. The Kier molecular flexibility index (Phi) is 5.64. The maximum absolute atomic E-state index is 9.30. The number of hydrogen-bond acceptors (Lipinski definition) is 5. The summed E-state index contributed by atoms with van der Waals surface area (Å²) in [7, 11) is 0. The molecule has 25 heavy (non-hydrogen) atoms. The largest absolute Gasteiger partial charge is 0.395 e. The Morgan fingerprint density at radius 1 is 1.20 bits per heavy atom. The minimum atomic E-state index is 0.169. The molecule has 130 valence electrons. The van der Waals surface area contributed by atoms with E-state index in [1.54, 1.807) is 11.8 Å². The predicted molar refractivity (Wildman–Crippen MR) is 103 cm³/mol. The number of likely N-dealkylation sites (N-methyl/N-ethyl adjacent to an activating group) is 1. The molecule has 1 N–H and O–H groups in total. The zero-order chi connectivity index (χ0) is 17.8. The molecule has 0 spiro atoms. The molecule has 0 bridgehead atoms. The van der Waals surface area contributed by atoms with Crippen molar-refractivity contribution in [3.05, 3.63) is 48.0 Å². The molecule has 2 aromatic rings. The summed E-state index contributed by atoms with van der Waals surface area (Å²) in [6.07, 6.45) is 0. The van der Waals surface area contributed by atoms with Gasteiger partial charge in [-0.1, -0.05) is 30.8 Å². The molecule has 0 saturated heterocycles. The monoisotopic (exact) mass is 353 g/mol. The summed E-state index contributed by atoms with van der Waals surface area (Å²) in [6, 6.07) is 16.8. The maximum atomic E-state index is 9.30. The van der Waals surface area contributed by atoms with Gasteiger partial charge in [0.1, 0.15) is 0 Å². The first-order valence-corrected chi connectivity index (χ1v) is 9.43. The van der Waals surface area contributed by atoms with Crippen LogP contribution in [0.25, 0.3) is 0 Å². The Hall–Kier alpha value is -2.00. The number of aliphatic hydroxyl groups excluding tert-OH is 1. The molecule has 0 fully saturated rings. The van der Waals surface area contributed by atoms with Gasteiger partial charge < -0.3 is 10.0 Å². The molecule has 0 aliphatic carbocycles. The molecule has 0 aromatic heterocycles. The van der Waals surface area contributed by atoms with E-state index in [1.807, 2.05) is 18.2 Å². The first-order valence-electron chi connectivity index (χ1n) is 8.61. The van der Waals surface area contributed by atoms with Crippen LogP contribution in [-0.2, 0) is 0 Å². The van der Waals surface area contributed by atoms with Crippen LogP contribution in [0.5, 0.6) is 0 Å². The van der Waals surface area contributed by atoms with Crippen molar-refractivity contribution >= 4 is 23.1 Å². The van der Waals surface area contributed by atoms with Crippen LogP contribution in [0.4, 0.5) is 11.4 Å². The number of rotatable bonds is 6. The summed E-state index contributed by atoms with van der Waals surface area (Å²) in [4.78, 5) is 7.00. The fourth-order valence-electron chi connectivity index (χ4n) is 3.30. The lowest BCUT2D eigenvalue weighted by Crippen LogP contribution is -2.42. The van der Waals surface area contributed by atoms with Gasteiger partial charge >= 0.3 is 0 Å². The quantitative estimate of drug-likeness (QED) is 0.854. The van der Waals surface area contributed by atoms with E-state index in [1.165, 1.54) is 15.5 Å². The number of fused-ring (bicyclic) bond motifs is 2. The lowest BCUT2D eigenvalue weighted by molar-refractivity contribution is 0.196. The minimum absolute atomic E-state index is 0.169. The SMILES string of the molecule is CCN(CCO)CC(C)N1c2ccccc2Sc2ccc(C#N)cc21. The van der Waals surface area contributed by atoms with Crippen LogP contribution in [0.2, 0.25) is 0 Å². The molecule has 0 saturated carbocycles. The van der Waals surface area contributed by atoms with E-state index < -0.39 is 0 Å². The summed E-state index contributed by atoms with van der Waals surface area (Å²) >= 11 is 1.75. The standard InChI is InChI=1S/C20H23N3OS/c1-3-22(10-11-24)14-15(2)23-17-6-4-5-7-19(17)25-20-9-8-16(13-21)12-18(20)23/h4-9,12,15,24H,3,10-11,14H2,1-2H3. The molecule has 4 nitrogen and oxygen atoms in total. The molecular weight excluding hydrogens is 330 g/mol. The molecule has 1 aliphatic heterocycles. The minimum Gasteiger partial charge on any atom is -0.395 e. The van der Waals surface area contributed by atoms with E-state index in [2.05, 4.69) is 54.0 Å². The highest BCUT2D eigenvalue weighted by Gasteiger charge is 2.28. The summed E-state index contributed by atoms with van der Waals surface area (Å²) < 4.78 is 0. The number of aliphatic hydroxyl groups is 1. The van der Waals surface area contributed by atoms with Crippen LogP contribution in [0.3, 0.4) is 0 Å². The van der Waals surface area contributed by atoms with Crippen LogP contribution < -0.4 is 4.90 Å². The van der Waals surface area contributed by atoms with E-state index in [0.717, 1.165) is 18.8 Å². The molecule has 1 heterocycles. The number of benzene rings is 2. The van der Waals surface area contributed by atoms with Crippen LogP contribution in [0.1, 0.15) is 19.4 Å². The van der Waals surface area contributed by atoms with E-state index in [4.69, 9.17) is 0 Å². The Morgan fingerprint density at radius 2 is 1.96 bits per heavy atom. The second kappa shape index (κ2) is 7.92. The highest BCUT2D eigenvalue weighted by Crippen LogP contribution is 2.49. The van der Waals surface area contributed by atoms with Crippen LogP contribution in [0, 0.1) is 11.3 Å². The van der Waals surface area contributed by atoms with Crippen molar-refractivity contribution < 1.29 is 5.11 Å². The Balaban J connectivity index is 2.01. The summed E-state index contributed by atoms with van der Waals surface area (Å²) in [5.74, 6) is 0. The van der Waals surface area contributed by atoms with Crippen molar-refractivity contribution in [2.24, 2.45) is 0 Å². The number of hydrogen-bond donors (Lipinski definition) is 1. The van der Waals surface area contributed by atoms with Crippen LogP contribution >= 0.6 is 11.8 Å². The third kappa shape index (κ3) is 3.67. The van der Waals surface area contributed by atoms with Gasteiger partial charge in [0.15, 0.2) is 0 Å². The van der Waals surface area contributed by atoms with E-state index >= 15 is 0 Å².